The molecule has 0 spiro atoms. The van der Waals surface area contributed by atoms with E-state index in [2.05, 4.69) is 10.4 Å². The number of fused-ring (bicyclic) bond motifs is 1. The molecule has 0 aliphatic heterocycles. The molecule has 0 bridgehead atoms. The number of nitrogens with zero attached hydrogens (tertiary/aromatic N) is 2. The van der Waals surface area contributed by atoms with Gasteiger partial charge in [0, 0.05) is 11.4 Å². The Labute approximate surface area is 132 Å². The van der Waals surface area contributed by atoms with Crippen molar-refractivity contribution in [2.75, 3.05) is 0 Å². The van der Waals surface area contributed by atoms with E-state index >= 15 is 0 Å². The molecule has 2 aromatic rings. The SMILES string of the molecule is CC(C)[C@@H](C)NC(=O)Cn1nc(C(=O)O)c2ccccc2c1=O. The van der Waals surface area contributed by atoms with Crippen LogP contribution in [0.25, 0.3) is 10.8 Å². The molecule has 0 aliphatic rings. The molecule has 7 heteroatoms. The molecule has 1 aromatic carbocycles. The summed E-state index contributed by atoms with van der Waals surface area (Å²) in [5, 5.41) is 16.4. The number of aromatic carboxylic acids is 1. The van der Waals surface area contributed by atoms with Gasteiger partial charge in [-0.25, -0.2) is 9.48 Å². The van der Waals surface area contributed by atoms with Crippen molar-refractivity contribution in [3.63, 3.8) is 0 Å². The molecule has 1 amide bonds. The minimum absolute atomic E-state index is 0.0578. The highest BCUT2D eigenvalue weighted by atomic mass is 16.4. The van der Waals surface area contributed by atoms with Crippen molar-refractivity contribution in [2.45, 2.75) is 33.4 Å². The van der Waals surface area contributed by atoms with Gasteiger partial charge in [0.15, 0.2) is 5.69 Å². The molecule has 7 nitrogen and oxygen atoms in total. The van der Waals surface area contributed by atoms with Crippen LogP contribution in [0.4, 0.5) is 0 Å². The first-order valence-corrected chi connectivity index (χ1v) is 7.33. The summed E-state index contributed by atoms with van der Waals surface area (Å²) < 4.78 is 0.897. The smallest absolute Gasteiger partial charge is 0.357 e. The predicted molar refractivity (Wildman–Crippen MR) is 85.4 cm³/mol. The van der Waals surface area contributed by atoms with Crippen LogP contribution in [0.3, 0.4) is 0 Å². The molecule has 122 valence electrons. The van der Waals surface area contributed by atoms with Crippen molar-refractivity contribution in [1.82, 2.24) is 15.1 Å². The molecule has 0 unspecified atom stereocenters. The van der Waals surface area contributed by atoms with Crippen molar-refractivity contribution in [2.24, 2.45) is 5.92 Å². The van der Waals surface area contributed by atoms with E-state index < -0.39 is 11.5 Å². The Balaban J connectivity index is 2.42. The number of aromatic nitrogens is 2. The third kappa shape index (κ3) is 3.56. The number of hydrogen-bond donors (Lipinski definition) is 2. The lowest BCUT2D eigenvalue weighted by Crippen LogP contribution is -2.40. The Kier molecular flexibility index (Phi) is 4.78. The average molecular weight is 317 g/mol. The highest BCUT2D eigenvalue weighted by molar-refractivity contribution is 6.01. The third-order valence-electron chi connectivity index (χ3n) is 3.75. The van der Waals surface area contributed by atoms with Crippen LogP contribution in [0.1, 0.15) is 31.3 Å². The topological polar surface area (TPSA) is 101 Å². The first-order chi connectivity index (χ1) is 10.8. The molecule has 23 heavy (non-hydrogen) atoms. The maximum atomic E-state index is 12.4. The van der Waals surface area contributed by atoms with E-state index in [1.807, 2.05) is 20.8 Å². The van der Waals surface area contributed by atoms with Crippen molar-refractivity contribution < 1.29 is 14.7 Å². The van der Waals surface area contributed by atoms with Crippen molar-refractivity contribution in [3.05, 3.63) is 40.3 Å². The van der Waals surface area contributed by atoms with E-state index in [1.54, 1.807) is 12.1 Å². The number of carbonyl (C=O) groups is 2. The number of carbonyl (C=O) groups excluding carboxylic acids is 1. The molecular weight excluding hydrogens is 298 g/mol. The number of benzene rings is 1. The number of nitrogens with one attached hydrogen (secondary N) is 1. The van der Waals surface area contributed by atoms with Crippen LogP contribution in [-0.2, 0) is 11.3 Å². The zero-order valence-electron chi connectivity index (χ0n) is 13.2. The summed E-state index contributed by atoms with van der Waals surface area (Å²) in [6.07, 6.45) is 0. The van der Waals surface area contributed by atoms with Crippen LogP contribution >= 0.6 is 0 Å². The van der Waals surface area contributed by atoms with E-state index in [4.69, 9.17) is 0 Å². The van der Waals surface area contributed by atoms with Crippen LogP contribution in [0.2, 0.25) is 0 Å². The van der Waals surface area contributed by atoms with Gasteiger partial charge in [0.2, 0.25) is 5.91 Å². The predicted octanol–water partition coefficient (Wildman–Crippen LogP) is 1.26. The zero-order chi connectivity index (χ0) is 17.1. The summed E-state index contributed by atoms with van der Waals surface area (Å²) in [5.74, 6) is -1.38. The normalized spacial score (nSPS) is 12.3. The first kappa shape index (κ1) is 16.7. The number of amides is 1. The third-order valence-corrected chi connectivity index (χ3v) is 3.75. The molecule has 0 radical (unpaired) electrons. The zero-order valence-corrected chi connectivity index (χ0v) is 13.2. The van der Waals surface area contributed by atoms with E-state index in [9.17, 15) is 19.5 Å². The Hall–Kier alpha value is -2.70. The average Bonchev–Trinajstić information content (AvgIpc) is 2.49. The van der Waals surface area contributed by atoms with Gasteiger partial charge in [-0.2, -0.15) is 5.10 Å². The summed E-state index contributed by atoms with van der Waals surface area (Å²) >= 11 is 0. The van der Waals surface area contributed by atoms with Crippen LogP contribution in [0.5, 0.6) is 0 Å². The van der Waals surface area contributed by atoms with Gasteiger partial charge in [-0.15, -0.1) is 0 Å². The Morgan fingerprint density at radius 2 is 1.83 bits per heavy atom. The van der Waals surface area contributed by atoms with Gasteiger partial charge >= 0.3 is 5.97 Å². The fourth-order valence-electron chi connectivity index (χ4n) is 2.10. The van der Waals surface area contributed by atoms with E-state index in [1.165, 1.54) is 12.1 Å². The Morgan fingerprint density at radius 3 is 2.39 bits per heavy atom. The van der Waals surface area contributed by atoms with Crippen LogP contribution in [0.15, 0.2) is 29.1 Å². The summed E-state index contributed by atoms with van der Waals surface area (Å²) in [6, 6.07) is 6.27. The summed E-state index contributed by atoms with van der Waals surface area (Å²) in [6.45, 7) is 5.48. The number of hydrogen-bond acceptors (Lipinski definition) is 4. The lowest BCUT2D eigenvalue weighted by Gasteiger charge is -2.17. The highest BCUT2D eigenvalue weighted by Crippen LogP contribution is 2.13. The van der Waals surface area contributed by atoms with Gasteiger partial charge in [0.25, 0.3) is 5.56 Å². The minimum atomic E-state index is -1.24. The van der Waals surface area contributed by atoms with Gasteiger partial charge in [-0.05, 0) is 18.9 Å². The fraction of sp³-hybridized carbons (Fsp3) is 0.375. The maximum absolute atomic E-state index is 12.4. The van der Waals surface area contributed by atoms with Crippen molar-refractivity contribution in [1.29, 1.82) is 0 Å². The Morgan fingerprint density at radius 1 is 1.22 bits per heavy atom. The van der Waals surface area contributed by atoms with Gasteiger partial charge in [0.1, 0.15) is 6.54 Å². The molecule has 1 aromatic heterocycles. The maximum Gasteiger partial charge on any atom is 0.357 e. The molecule has 2 rings (SSSR count). The van der Waals surface area contributed by atoms with Crippen molar-refractivity contribution >= 4 is 22.6 Å². The minimum Gasteiger partial charge on any atom is -0.476 e. The second kappa shape index (κ2) is 6.60. The summed E-state index contributed by atoms with van der Waals surface area (Å²) in [7, 11) is 0. The Bertz CT molecular complexity index is 811. The van der Waals surface area contributed by atoms with Gasteiger partial charge in [0.05, 0.1) is 5.39 Å². The molecule has 1 heterocycles. The van der Waals surface area contributed by atoms with Gasteiger partial charge in [-0.3, -0.25) is 9.59 Å². The second-order valence-corrected chi connectivity index (χ2v) is 5.76. The molecule has 0 aliphatic carbocycles. The number of carboxylic acid groups (broad SMARTS) is 1. The van der Waals surface area contributed by atoms with Crippen LogP contribution < -0.4 is 10.9 Å². The standard InChI is InChI=1S/C16H19N3O4/c1-9(2)10(3)17-13(20)8-19-15(21)12-7-5-4-6-11(12)14(18-19)16(22)23/h4-7,9-10H,8H2,1-3H3,(H,17,20)(H,22,23)/t10-/m1/s1. The highest BCUT2D eigenvalue weighted by Gasteiger charge is 2.18. The van der Waals surface area contributed by atoms with Crippen LogP contribution in [-0.4, -0.2) is 32.8 Å². The lowest BCUT2D eigenvalue weighted by atomic mass is 10.1. The van der Waals surface area contributed by atoms with Gasteiger partial charge in [-0.1, -0.05) is 32.0 Å². The molecule has 0 saturated carbocycles. The molecule has 0 saturated heterocycles. The van der Waals surface area contributed by atoms with Gasteiger partial charge < -0.3 is 10.4 Å². The second-order valence-electron chi connectivity index (χ2n) is 5.76. The monoisotopic (exact) mass is 317 g/mol. The van der Waals surface area contributed by atoms with Crippen LogP contribution in [0, 0.1) is 5.92 Å². The lowest BCUT2D eigenvalue weighted by molar-refractivity contribution is -0.122. The summed E-state index contributed by atoms with van der Waals surface area (Å²) in [4.78, 5) is 35.8. The largest absolute Gasteiger partial charge is 0.476 e. The molecule has 0 fully saturated rings. The number of carboxylic acids is 1. The summed E-state index contributed by atoms with van der Waals surface area (Å²) in [5.41, 5.74) is -0.733. The van der Waals surface area contributed by atoms with E-state index in [0.29, 0.717) is 0 Å². The first-order valence-electron chi connectivity index (χ1n) is 7.33. The molecular formula is C16H19N3O4. The van der Waals surface area contributed by atoms with E-state index in [-0.39, 0.29) is 40.9 Å². The quantitative estimate of drug-likeness (QED) is 0.864. The van der Waals surface area contributed by atoms with E-state index in [0.717, 1.165) is 4.68 Å². The fourth-order valence-corrected chi connectivity index (χ4v) is 2.10. The van der Waals surface area contributed by atoms with Crippen molar-refractivity contribution in [3.8, 4) is 0 Å². The molecule has 2 N–H and O–H groups in total. The molecule has 1 atom stereocenters. The number of rotatable bonds is 5.